The minimum atomic E-state index is -0.585. The van der Waals surface area contributed by atoms with Crippen LogP contribution >= 0.6 is 11.6 Å². The predicted molar refractivity (Wildman–Crippen MR) is 176 cm³/mol. The van der Waals surface area contributed by atoms with E-state index >= 15 is 0 Å². The number of nitrogens with zero attached hydrogens (tertiary/aromatic N) is 4. The van der Waals surface area contributed by atoms with Gasteiger partial charge >= 0.3 is 0 Å². The lowest BCUT2D eigenvalue weighted by atomic mass is 9.94. The molecule has 0 amide bonds. The van der Waals surface area contributed by atoms with Crippen LogP contribution in [0, 0.1) is 16.7 Å². The van der Waals surface area contributed by atoms with Crippen LogP contribution in [0.15, 0.2) is 59.9 Å². The number of halogens is 2. The Morgan fingerprint density at radius 3 is 2.75 bits per heavy atom. The molecule has 9 nitrogen and oxygen atoms in total. The summed E-state index contributed by atoms with van der Waals surface area (Å²) in [7, 11) is 1.71. The van der Waals surface area contributed by atoms with E-state index in [2.05, 4.69) is 60.0 Å². The van der Waals surface area contributed by atoms with E-state index in [1.165, 1.54) is 10.8 Å². The number of allylic oxidation sites excluding steroid dienone is 1. The number of aryl methyl sites for hydroxylation is 1. The molecule has 0 saturated heterocycles. The number of pyridine rings is 2. The van der Waals surface area contributed by atoms with Crippen molar-refractivity contribution in [2.75, 3.05) is 23.9 Å². The maximum atomic E-state index is 14.0. The highest BCUT2D eigenvalue weighted by Crippen LogP contribution is 2.43. The highest BCUT2D eigenvalue weighted by atomic mass is 35.5. The normalized spacial score (nSPS) is 16.4. The first kappa shape index (κ1) is 31.1. The summed E-state index contributed by atoms with van der Waals surface area (Å²) in [5.41, 5.74) is 10.3. The molecule has 1 aliphatic carbocycles. The molecule has 0 bridgehead atoms. The number of aromatic nitrogens is 2. The van der Waals surface area contributed by atoms with Gasteiger partial charge in [0.2, 0.25) is 0 Å². The SMILES string of the molecule is C=C(c1ccn(C)c(=O)c1/C=C\C)[C@H](Nc1cc(Cl)c2ncc(C#N)c(NCC(C)(C)C)c2c1)C1=CN(C2(CF)CC2)NN1. The number of nitriles is 1. The molecule has 3 heterocycles. The van der Waals surface area contributed by atoms with Crippen molar-refractivity contribution in [3.05, 3.63) is 87.2 Å². The van der Waals surface area contributed by atoms with Crippen LogP contribution in [0.25, 0.3) is 22.6 Å². The fourth-order valence-corrected chi connectivity index (χ4v) is 5.49. The van der Waals surface area contributed by atoms with Crippen LogP contribution in [0.5, 0.6) is 0 Å². The average Bonchev–Trinajstić information content (AvgIpc) is 3.64. The average molecular weight is 617 g/mol. The van der Waals surface area contributed by atoms with Gasteiger partial charge in [-0.25, -0.2) is 4.39 Å². The maximum absolute atomic E-state index is 14.0. The second-order valence-electron chi connectivity index (χ2n) is 12.6. The molecular weight excluding hydrogens is 579 g/mol. The van der Waals surface area contributed by atoms with E-state index < -0.39 is 18.3 Å². The number of nitrogens with one attached hydrogen (secondary N) is 4. The lowest BCUT2D eigenvalue weighted by Gasteiger charge is -2.25. The summed E-state index contributed by atoms with van der Waals surface area (Å²) in [6.07, 6.45) is 10.2. The van der Waals surface area contributed by atoms with Crippen LogP contribution in [0.1, 0.15) is 57.2 Å². The van der Waals surface area contributed by atoms with Gasteiger partial charge in [-0.05, 0) is 54.5 Å². The number of hydrazine groups is 2. The second kappa shape index (κ2) is 12.0. The molecule has 5 rings (SSSR count). The van der Waals surface area contributed by atoms with Gasteiger partial charge in [-0.3, -0.25) is 14.8 Å². The number of rotatable bonds is 10. The molecule has 230 valence electrons. The van der Waals surface area contributed by atoms with Crippen molar-refractivity contribution in [1.82, 2.24) is 25.5 Å². The Kier molecular flexibility index (Phi) is 8.47. The summed E-state index contributed by atoms with van der Waals surface area (Å²) >= 11 is 6.79. The lowest BCUT2D eigenvalue weighted by Crippen LogP contribution is -2.46. The molecule has 4 N–H and O–H groups in total. The lowest BCUT2D eigenvalue weighted by molar-refractivity contribution is 0.146. The van der Waals surface area contributed by atoms with Gasteiger partial charge < -0.3 is 20.6 Å². The van der Waals surface area contributed by atoms with Crippen molar-refractivity contribution in [1.29, 1.82) is 5.26 Å². The van der Waals surface area contributed by atoms with Crippen LogP contribution < -0.4 is 27.2 Å². The third-order valence-electron chi connectivity index (χ3n) is 7.97. The number of anilines is 2. The summed E-state index contributed by atoms with van der Waals surface area (Å²) in [6.45, 7) is 12.8. The summed E-state index contributed by atoms with van der Waals surface area (Å²) in [4.78, 5) is 17.6. The molecule has 1 aliphatic heterocycles. The van der Waals surface area contributed by atoms with Crippen LogP contribution in [0.4, 0.5) is 15.8 Å². The summed E-state index contributed by atoms with van der Waals surface area (Å²) in [5.74, 6) is 0. The predicted octanol–water partition coefficient (Wildman–Crippen LogP) is 6.11. The Bertz CT molecular complexity index is 1780. The molecule has 1 atom stereocenters. The highest BCUT2D eigenvalue weighted by Gasteiger charge is 2.49. The van der Waals surface area contributed by atoms with Crippen LogP contribution in [-0.4, -0.2) is 39.4 Å². The van der Waals surface area contributed by atoms with E-state index in [-0.39, 0.29) is 11.0 Å². The first-order chi connectivity index (χ1) is 20.9. The minimum absolute atomic E-state index is 0.0415. The molecule has 0 spiro atoms. The highest BCUT2D eigenvalue weighted by molar-refractivity contribution is 6.35. The molecule has 1 fully saturated rings. The van der Waals surface area contributed by atoms with Crippen LogP contribution in [-0.2, 0) is 7.05 Å². The number of alkyl halides is 1. The zero-order valence-electron chi connectivity index (χ0n) is 25.7. The molecule has 3 aromatic rings. The minimum Gasteiger partial charge on any atom is -0.383 e. The smallest absolute Gasteiger partial charge is 0.258 e. The molecule has 1 saturated carbocycles. The first-order valence-electron chi connectivity index (χ1n) is 14.5. The summed E-state index contributed by atoms with van der Waals surface area (Å²) in [6, 6.07) is 7.21. The monoisotopic (exact) mass is 616 g/mol. The number of benzene rings is 1. The molecule has 0 radical (unpaired) electrons. The van der Waals surface area contributed by atoms with E-state index in [9.17, 15) is 14.4 Å². The van der Waals surface area contributed by atoms with Gasteiger partial charge in [0.15, 0.2) is 0 Å². The summed E-state index contributed by atoms with van der Waals surface area (Å²) < 4.78 is 15.5. The van der Waals surface area contributed by atoms with Gasteiger partial charge in [-0.1, -0.05) is 51.1 Å². The Hall–Kier alpha value is -4.33. The van der Waals surface area contributed by atoms with E-state index in [4.69, 9.17) is 11.6 Å². The standard InChI is InChI=1S/C33H38ClFN8O/c1-7-8-24-23(9-12-42(6)31(24)44)20(2)28(27-17-43(41-40-27)33(18-35)10-11-33)39-22-13-25-29(38-19-32(3,4)5)21(15-36)16-37-30(25)26(34)14-22/h7-9,12-14,16-17,28,39-41H,2,10-11,18-19H2,1,3-6H3,(H,37,38)/b8-7-/t28-/m0/s1. The van der Waals surface area contributed by atoms with Gasteiger partial charge in [0.25, 0.3) is 5.56 Å². The van der Waals surface area contributed by atoms with Gasteiger partial charge in [0.05, 0.1) is 39.1 Å². The summed E-state index contributed by atoms with van der Waals surface area (Å²) in [5, 5.41) is 19.7. The Balaban J connectivity index is 1.62. The Morgan fingerprint density at radius 1 is 1.36 bits per heavy atom. The number of fused-ring (bicyclic) bond motifs is 1. The molecule has 11 heteroatoms. The van der Waals surface area contributed by atoms with Crippen molar-refractivity contribution in [3.8, 4) is 6.07 Å². The number of hydrogen-bond acceptors (Lipinski definition) is 8. The third kappa shape index (κ3) is 6.03. The van der Waals surface area contributed by atoms with Crippen molar-refractivity contribution in [3.63, 3.8) is 0 Å². The fraction of sp³-hybridized carbons (Fsp3) is 0.364. The van der Waals surface area contributed by atoms with Gasteiger partial charge in [-0.2, -0.15) is 5.26 Å². The van der Waals surface area contributed by atoms with Crippen molar-refractivity contribution < 1.29 is 4.39 Å². The van der Waals surface area contributed by atoms with Gasteiger partial charge in [-0.15, -0.1) is 5.53 Å². The maximum Gasteiger partial charge on any atom is 0.258 e. The zero-order valence-corrected chi connectivity index (χ0v) is 26.4. The molecule has 44 heavy (non-hydrogen) atoms. The molecule has 2 aliphatic rings. The van der Waals surface area contributed by atoms with Gasteiger partial charge in [0, 0.05) is 48.8 Å². The van der Waals surface area contributed by atoms with Gasteiger partial charge in [0.1, 0.15) is 12.7 Å². The Morgan fingerprint density at radius 2 is 2.11 bits per heavy atom. The third-order valence-corrected chi connectivity index (χ3v) is 8.26. The zero-order chi connectivity index (χ0) is 31.8. The van der Waals surface area contributed by atoms with E-state index in [1.807, 2.05) is 31.3 Å². The van der Waals surface area contributed by atoms with E-state index in [1.54, 1.807) is 30.4 Å². The molecule has 2 aromatic heterocycles. The number of hydrogen-bond donors (Lipinski definition) is 4. The van der Waals surface area contributed by atoms with E-state index in [0.717, 1.165) is 12.8 Å². The van der Waals surface area contributed by atoms with Crippen LogP contribution in [0.3, 0.4) is 0 Å². The van der Waals surface area contributed by atoms with Crippen molar-refractivity contribution in [2.24, 2.45) is 12.5 Å². The van der Waals surface area contributed by atoms with Crippen molar-refractivity contribution >= 4 is 45.5 Å². The van der Waals surface area contributed by atoms with Crippen molar-refractivity contribution in [2.45, 2.75) is 52.1 Å². The largest absolute Gasteiger partial charge is 0.383 e. The topological polar surface area (TPSA) is 110 Å². The van der Waals surface area contributed by atoms with Crippen LogP contribution in [0.2, 0.25) is 5.02 Å². The second-order valence-corrected chi connectivity index (χ2v) is 13.0. The fourth-order valence-electron chi connectivity index (χ4n) is 5.22. The molecule has 1 aromatic carbocycles. The molecular formula is C33H38ClFN8O. The molecule has 0 unspecified atom stereocenters. The first-order valence-corrected chi connectivity index (χ1v) is 14.9. The van der Waals surface area contributed by atoms with E-state index in [0.29, 0.717) is 61.8 Å². The quantitative estimate of drug-likeness (QED) is 0.216. The Labute approximate surface area is 262 Å².